The molecule has 0 spiro atoms. The number of hydrogen-bond donors (Lipinski definition) is 3. The molecule has 1 saturated heterocycles. The van der Waals surface area contributed by atoms with Gasteiger partial charge in [-0.3, -0.25) is 9.59 Å². The normalized spacial score (nSPS) is 17.6. The highest BCUT2D eigenvalue weighted by Crippen LogP contribution is 2.19. The molecule has 2 rings (SSSR count). The van der Waals surface area contributed by atoms with Gasteiger partial charge in [0.1, 0.15) is 5.75 Å². The van der Waals surface area contributed by atoms with Crippen molar-refractivity contribution < 1.29 is 14.3 Å². The molecule has 1 aliphatic heterocycles. The first-order valence-electron chi connectivity index (χ1n) is 6.68. The Morgan fingerprint density at radius 2 is 2.25 bits per heavy atom. The van der Waals surface area contributed by atoms with Crippen LogP contribution in [0.4, 0.5) is 5.69 Å². The Labute approximate surface area is 117 Å². The summed E-state index contributed by atoms with van der Waals surface area (Å²) in [7, 11) is 0. The number of carbonyl (C=O) groups is 2. The summed E-state index contributed by atoms with van der Waals surface area (Å²) < 4.78 is 5.44. The van der Waals surface area contributed by atoms with Crippen LogP contribution in [0, 0.1) is 0 Å². The maximum absolute atomic E-state index is 11.6. The van der Waals surface area contributed by atoms with Crippen LogP contribution >= 0.6 is 0 Å². The Bertz CT molecular complexity index is 490. The van der Waals surface area contributed by atoms with Crippen LogP contribution in [0.2, 0.25) is 0 Å². The van der Waals surface area contributed by atoms with Crippen LogP contribution < -0.4 is 21.1 Å². The Hall–Kier alpha value is -2.24. The second-order valence-corrected chi connectivity index (χ2v) is 4.74. The summed E-state index contributed by atoms with van der Waals surface area (Å²) >= 11 is 0. The average Bonchev–Trinajstić information content (AvgIpc) is 2.84. The molecule has 2 amide bonds. The predicted molar refractivity (Wildman–Crippen MR) is 75.1 cm³/mol. The molecule has 1 atom stereocenters. The summed E-state index contributed by atoms with van der Waals surface area (Å²) in [5.41, 5.74) is 6.28. The lowest BCUT2D eigenvalue weighted by Gasteiger charge is -2.12. The fourth-order valence-electron chi connectivity index (χ4n) is 2.02. The third-order valence-electron chi connectivity index (χ3n) is 3.14. The van der Waals surface area contributed by atoms with E-state index in [2.05, 4.69) is 10.6 Å². The molecular weight excluding hydrogens is 258 g/mol. The summed E-state index contributed by atoms with van der Waals surface area (Å²) in [4.78, 5) is 22.6. The van der Waals surface area contributed by atoms with E-state index in [1.807, 2.05) is 12.1 Å². The van der Waals surface area contributed by atoms with Crippen molar-refractivity contribution in [2.24, 2.45) is 0 Å². The number of nitrogens with two attached hydrogens (primary N) is 1. The number of para-hydroxylation sites is 2. The Balaban J connectivity index is 1.63. The van der Waals surface area contributed by atoms with Crippen molar-refractivity contribution in [3.05, 3.63) is 24.3 Å². The number of anilines is 1. The molecule has 1 unspecified atom stereocenters. The molecule has 1 fully saturated rings. The molecule has 6 heteroatoms. The van der Waals surface area contributed by atoms with E-state index in [9.17, 15) is 9.59 Å². The zero-order valence-electron chi connectivity index (χ0n) is 11.2. The highest BCUT2D eigenvalue weighted by molar-refractivity contribution is 5.79. The first-order valence-corrected chi connectivity index (χ1v) is 6.68. The minimum absolute atomic E-state index is 0.0483. The van der Waals surface area contributed by atoms with E-state index >= 15 is 0 Å². The van der Waals surface area contributed by atoms with E-state index in [-0.39, 0.29) is 30.9 Å². The van der Waals surface area contributed by atoms with Gasteiger partial charge in [0.05, 0.1) is 18.7 Å². The fraction of sp³-hybridized carbons (Fsp3) is 0.429. The van der Waals surface area contributed by atoms with Gasteiger partial charge in [-0.2, -0.15) is 0 Å². The number of nitrogen functional groups attached to an aromatic ring is 1. The third kappa shape index (κ3) is 4.15. The Morgan fingerprint density at radius 1 is 1.45 bits per heavy atom. The van der Waals surface area contributed by atoms with Gasteiger partial charge in [-0.1, -0.05) is 12.1 Å². The van der Waals surface area contributed by atoms with Crippen LogP contribution in [0.3, 0.4) is 0 Å². The van der Waals surface area contributed by atoms with Crippen molar-refractivity contribution in [2.75, 3.05) is 18.9 Å². The number of nitrogens with one attached hydrogen (secondary N) is 2. The molecule has 0 bridgehead atoms. The van der Waals surface area contributed by atoms with E-state index in [1.165, 1.54) is 0 Å². The molecule has 108 valence electrons. The summed E-state index contributed by atoms with van der Waals surface area (Å²) in [6, 6.07) is 7.22. The fourth-order valence-corrected chi connectivity index (χ4v) is 2.02. The highest BCUT2D eigenvalue weighted by atomic mass is 16.5. The van der Waals surface area contributed by atoms with E-state index in [0.717, 1.165) is 6.42 Å². The monoisotopic (exact) mass is 277 g/mol. The van der Waals surface area contributed by atoms with E-state index < -0.39 is 0 Å². The van der Waals surface area contributed by atoms with Gasteiger partial charge in [0.15, 0.2) is 0 Å². The molecule has 6 nitrogen and oxygen atoms in total. The van der Waals surface area contributed by atoms with Crippen LogP contribution in [0.25, 0.3) is 0 Å². The smallest absolute Gasteiger partial charge is 0.223 e. The molecule has 1 heterocycles. The number of carbonyl (C=O) groups excluding carboxylic acids is 2. The Morgan fingerprint density at radius 3 is 2.95 bits per heavy atom. The standard InChI is InChI=1S/C14H19N3O3/c15-11-3-1-2-4-12(11)20-8-7-13(18)16-9-10-5-6-14(19)17-10/h1-4,10H,5-9,15H2,(H,16,18)(H,17,19). The molecule has 1 aromatic rings. The molecule has 4 N–H and O–H groups in total. The second-order valence-electron chi connectivity index (χ2n) is 4.74. The molecule has 1 aliphatic rings. The molecule has 1 aromatic carbocycles. The minimum atomic E-state index is -0.0966. The van der Waals surface area contributed by atoms with Crippen molar-refractivity contribution >= 4 is 17.5 Å². The van der Waals surface area contributed by atoms with Gasteiger partial charge in [0, 0.05) is 19.0 Å². The van der Waals surface area contributed by atoms with Crippen LogP contribution in [-0.2, 0) is 9.59 Å². The van der Waals surface area contributed by atoms with Crippen LogP contribution in [0.15, 0.2) is 24.3 Å². The number of amides is 2. The maximum atomic E-state index is 11.6. The number of hydrogen-bond acceptors (Lipinski definition) is 4. The summed E-state index contributed by atoms with van der Waals surface area (Å²) in [5.74, 6) is 0.538. The zero-order valence-corrected chi connectivity index (χ0v) is 11.2. The third-order valence-corrected chi connectivity index (χ3v) is 3.14. The SMILES string of the molecule is Nc1ccccc1OCCC(=O)NCC1CCC(=O)N1. The topological polar surface area (TPSA) is 93.4 Å². The summed E-state index contributed by atoms with van der Waals surface area (Å²) in [6.45, 7) is 0.745. The average molecular weight is 277 g/mol. The molecule has 0 aromatic heterocycles. The maximum Gasteiger partial charge on any atom is 0.223 e. The van der Waals surface area contributed by atoms with Crippen LogP contribution in [0.1, 0.15) is 19.3 Å². The Kier molecular flexibility index (Phi) is 4.81. The minimum Gasteiger partial charge on any atom is -0.491 e. The van der Waals surface area contributed by atoms with E-state index in [1.54, 1.807) is 12.1 Å². The van der Waals surface area contributed by atoms with Gasteiger partial charge in [-0.05, 0) is 18.6 Å². The number of rotatable bonds is 6. The van der Waals surface area contributed by atoms with Crippen molar-refractivity contribution in [1.82, 2.24) is 10.6 Å². The predicted octanol–water partition coefficient (Wildman–Crippen LogP) is 0.432. The van der Waals surface area contributed by atoms with Crippen molar-refractivity contribution in [2.45, 2.75) is 25.3 Å². The van der Waals surface area contributed by atoms with Gasteiger partial charge in [-0.25, -0.2) is 0 Å². The van der Waals surface area contributed by atoms with Gasteiger partial charge < -0.3 is 21.1 Å². The molecule has 0 saturated carbocycles. The second kappa shape index (κ2) is 6.79. The molecule has 20 heavy (non-hydrogen) atoms. The van der Waals surface area contributed by atoms with Gasteiger partial charge in [0.2, 0.25) is 11.8 Å². The van der Waals surface area contributed by atoms with Crippen LogP contribution in [-0.4, -0.2) is 31.0 Å². The summed E-state index contributed by atoms with van der Waals surface area (Å²) in [6.07, 6.45) is 1.57. The lowest BCUT2D eigenvalue weighted by Crippen LogP contribution is -2.38. The lowest BCUT2D eigenvalue weighted by molar-refractivity contribution is -0.122. The first-order chi connectivity index (χ1) is 9.65. The van der Waals surface area contributed by atoms with Gasteiger partial charge in [0.25, 0.3) is 0 Å². The number of ether oxygens (including phenoxy) is 1. The van der Waals surface area contributed by atoms with Crippen molar-refractivity contribution in [3.63, 3.8) is 0 Å². The van der Waals surface area contributed by atoms with Gasteiger partial charge >= 0.3 is 0 Å². The molecular formula is C14H19N3O3. The lowest BCUT2D eigenvalue weighted by atomic mass is 10.2. The number of benzene rings is 1. The zero-order chi connectivity index (χ0) is 14.4. The van der Waals surface area contributed by atoms with E-state index in [0.29, 0.717) is 24.4 Å². The van der Waals surface area contributed by atoms with Crippen LogP contribution in [0.5, 0.6) is 5.75 Å². The quantitative estimate of drug-likeness (QED) is 0.657. The van der Waals surface area contributed by atoms with Crippen molar-refractivity contribution in [3.8, 4) is 5.75 Å². The van der Waals surface area contributed by atoms with Crippen molar-refractivity contribution in [1.29, 1.82) is 0 Å². The summed E-state index contributed by atoms with van der Waals surface area (Å²) in [5, 5.41) is 5.58. The molecule has 0 radical (unpaired) electrons. The van der Waals surface area contributed by atoms with Gasteiger partial charge in [-0.15, -0.1) is 0 Å². The molecule has 0 aliphatic carbocycles. The highest BCUT2D eigenvalue weighted by Gasteiger charge is 2.20. The first kappa shape index (κ1) is 14.2. The largest absolute Gasteiger partial charge is 0.491 e. The van der Waals surface area contributed by atoms with E-state index in [4.69, 9.17) is 10.5 Å².